The van der Waals surface area contributed by atoms with Crippen molar-refractivity contribution >= 4 is 11.8 Å². The third-order valence-electron chi connectivity index (χ3n) is 4.21. The molecule has 6 heteroatoms. The molecule has 136 valence electrons. The molecule has 1 aliphatic rings. The highest BCUT2D eigenvalue weighted by Gasteiger charge is 2.39. The smallest absolute Gasteiger partial charge is 0.276 e. The fourth-order valence-corrected chi connectivity index (χ4v) is 2.47. The van der Waals surface area contributed by atoms with Crippen LogP contribution < -0.4 is 20.3 Å². The van der Waals surface area contributed by atoms with E-state index in [4.69, 9.17) is 9.47 Å². The van der Waals surface area contributed by atoms with Crippen molar-refractivity contribution in [1.29, 1.82) is 0 Å². The molecule has 26 heavy (non-hydrogen) atoms. The highest BCUT2D eigenvalue weighted by atomic mass is 16.5. The predicted molar refractivity (Wildman–Crippen MR) is 96.3 cm³/mol. The molecule has 0 spiro atoms. The Morgan fingerprint density at radius 1 is 0.962 bits per heavy atom. The summed E-state index contributed by atoms with van der Waals surface area (Å²) in [4.78, 5) is 23.3. The average molecular weight is 354 g/mol. The number of nitrogens with one attached hydrogen (secondary N) is 2. The molecular formula is C20H22N2O4. The first-order chi connectivity index (χ1) is 12.6. The third kappa shape index (κ3) is 5.24. The molecule has 0 radical (unpaired) electrons. The van der Waals surface area contributed by atoms with Gasteiger partial charge in [-0.1, -0.05) is 37.3 Å². The van der Waals surface area contributed by atoms with Crippen molar-refractivity contribution < 1.29 is 19.1 Å². The molecule has 0 aliphatic heterocycles. The number of ether oxygens (including phenoxy) is 2. The van der Waals surface area contributed by atoms with Crippen LogP contribution in [0.25, 0.3) is 0 Å². The quantitative estimate of drug-likeness (QED) is 0.749. The molecule has 2 unspecified atom stereocenters. The maximum Gasteiger partial charge on any atom is 0.276 e. The monoisotopic (exact) mass is 354 g/mol. The van der Waals surface area contributed by atoms with Gasteiger partial charge in [-0.2, -0.15) is 0 Å². The number of carbonyl (C=O) groups is 2. The van der Waals surface area contributed by atoms with Crippen LogP contribution in [0.15, 0.2) is 54.6 Å². The molecule has 2 aromatic rings. The zero-order chi connectivity index (χ0) is 18.4. The number of hydrazine groups is 1. The molecule has 0 heterocycles. The SMILES string of the molecule is CC1CC1C(=O)NNC(=O)COc1ccc(OCc2ccccc2)cc1. The van der Waals surface area contributed by atoms with Gasteiger partial charge in [-0.3, -0.25) is 20.4 Å². The minimum Gasteiger partial charge on any atom is -0.489 e. The standard InChI is InChI=1S/C20H22N2O4/c1-14-11-18(14)20(24)22-21-19(23)13-26-17-9-7-16(8-10-17)25-12-15-5-3-2-4-6-15/h2-10,14,18H,11-13H2,1H3,(H,21,23)(H,22,24). The number of carbonyl (C=O) groups excluding carboxylic acids is 2. The molecule has 2 amide bonds. The molecule has 2 aromatic carbocycles. The molecule has 2 atom stereocenters. The fourth-order valence-electron chi connectivity index (χ4n) is 2.47. The summed E-state index contributed by atoms with van der Waals surface area (Å²) in [5.41, 5.74) is 5.86. The Kier molecular flexibility index (Phi) is 5.73. The third-order valence-corrected chi connectivity index (χ3v) is 4.21. The van der Waals surface area contributed by atoms with Gasteiger partial charge in [-0.25, -0.2) is 0 Å². The van der Waals surface area contributed by atoms with Crippen LogP contribution in [-0.2, 0) is 16.2 Å². The molecule has 6 nitrogen and oxygen atoms in total. The van der Waals surface area contributed by atoms with Gasteiger partial charge in [0.25, 0.3) is 5.91 Å². The van der Waals surface area contributed by atoms with Crippen molar-refractivity contribution in [2.75, 3.05) is 6.61 Å². The largest absolute Gasteiger partial charge is 0.489 e. The summed E-state index contributed by atoms with van der Waals surface area (Å²) < 4.78 is 11.1. The second-order valence-corrected chi connectivity index (χ2v) is 6.39. The van der Waals surface area contributed by atoms with E-state index >= 15 is 0 Å². The lowest BCUT2D eigenvalue weighted by molar-refractivity contribution is -0.130. The molecule has 0 bridgehead atoms. The maximum absolute atomic E-state index is 11.7. The molecular weight excluding hydrogens is 332 g/mol. The van der Waals surface area contributed by atoms with Crippen molar-refractivity contribution in [2.45, 2.75) is 20.0 Å². The number of benzene rings is 2. The van der Waals surface area contributed by atoms with Gasteiger partial charge in [0.2, 0.25) is 5.91 Å². The zero-order valence-corrected chi connectivity index (χ0v) is 14.6. The van der Waals surface area contributed by atoms with E-state index < -0.39 is 5.91 Å². The second-order valence-electron chi connectivity index (χ2n) is 6.39. The lowest BCUT2D eigenvalue weighted by atomic mass is 10.2. The van der Waals surface area contributed by atoms with E-state index in [1.54, 1.807) is 24.3 Å². The van der Waals surface area contributed by atoms with Crippen LogP contribution in [0.1, 0.15) is 18.9 Å². The van der Waals surface area contributed by atoms with Gasteiger partial charge in [0.05, 0.1) is 0 Å². The summed E-state index contributed by atoms with van der Waals surface area (Å²) in [6.45, 7) is 2.32. The topological polar surface area (TPSA) is 76.7 Å². The summed E-state index contributed by atoms with van der Waals surface area (Å²) in [5.74, 6) is 1.12. The summed E-state index contributed by atoms with van der Waals surface area (Å²) in [7, 11) is 0. The molecule has 3 rings (SSSR count). The number of hydrogen-bond acceptors (Lipinski definition) is 4. The molecule has 1 aliphatic carbocycles. The van der Waals surface area contributed by atoms with Gasteiger partial charge in [-0.15, -0.1) is 0 Å². The maximum atomic E-state index is 11.7. The first-order valence-corrected chi connectivity index (χ1v) is 8.60. The first kappa shape index (κ1) is 17.8. The van der Waals surface area contributed by atoms with E-state index in [-0.39, 0.29) is 18.4 Å². The van der Waals surface area contributed by atoms with Crippen molar-refractivity contribution in [3.63, 3.8) is 0 Å². The van der Waals surface area contributed by atoms with Crippen molar-refractivity contribution in [3.05, 3.63) is 60.2 Å². The van der Waals surface area contributed by atoms with Gasteiger partial charge in [-0.05, 0) is 42.2 Å². The lowest BCUT2D eigenvalue weighted by Gasteiger charge is -2.10. The van der Waals surface area contributed by atoms with Crippen LogP contribution >= 0.6 is 0 Å². The van der Waals surface area contributed by atoms with Crippen LogP contribution in [0.2, 0.25) is 0 Å². The van der Waals surface area contributed by atoms with Crippen LogP contribution in [0.4, 0.5) is 0 Å². The second kappa shape index (κ2) is 8.38. The van der Waals surface area contributed by atoms with Gasteiger partial charge in [0, 0.05) is 5.92 Å². The Labute approximate surface area is 152 Å². The van der Waals surface area contributed by atoms with Gasteiger partial charge in [0.15, 0.2) is 6.61 Å². The number of hydrogen-bond donors (Lipinski definition) is 2. The summed E-state index contributed by atoms with van der Waals surface area (Å²) in [5, 5.41) is 0. The van der Waals surface area contributed by atoms with Crippen molar-refractivity contribution in [3.8, 4) is 11.5 Å². The summed E-state index contributed by atoms with van der Waals surface area (Å²) >= 11 is 0. The predicted octanol–water partition coefficient (Wildman–Crippen LogP) is 2.45. The Morgan fingerprint density at radius 3 is 2.19 bits per heavy atom. The van der Waals surface area contributed by atoms with Gasteiger partial charge < -0.3 is 9.47 Å². The molecule has 0 aromatic heterocycles. The fraction of sp³-hybridized carbons (Fsp3) is 0.300. The Balaban J connectivity index is 1.37. The highest BCUT2D eigenvalue weighted by Crippen LogP contribution is 2.37. The summed E-state index contributed by atoms with van der Waals surface area (Å²) in [6.07, 6.45) is 0.872. The minimum atomic E-state index is -0.406. The Hall–Kier alpha value is -3.02. The average Bonchev–Trinajstić information content (AvgIpc) is 3.41. The van der Waals surface area contributed by atoms with Gasteiger partial charge >= 0.3 is 0 Å². The van der Waals surface area contributed by atoms with E-state index in [0.29, 0.717) is 18.3 Å². The number of amides is 2. The normalized spacial score (nSPS) is 17.9. The molecule has 2 N–H and O–H groups in total. The van der Waals surface area contributed by atoms with Crippen LogP contribution in [-0.4, -0.2) is 18.4 Å². The van der Waals surface area contributed by atoms with Crippen LogP contribution in [0.5, 0.6) is 11.5 Å². The van der Waals surface area contributed by atoms with E-state index in [1.165, 1.54) is 0 Å². The van der Waals surface area contributed by atoms with Gasteiger partial charge in [0.1, 0.15) is 18.1 Å². The van der Waals surface area contributed by atoms with E-state index in [1.807, 2.05) is 37.3 Å². The lowest BCUT2D eigenvalue weighted by Crippen LogP contribution is -2.44. The highest BCUT2D eigenvalue weighted by molar-refractivity contribution is 5.85. The molecule has 1 fully saturated rings. The Bertz CT molecular complexity index is 746. The van der Waals surface area contributed by atoms with E-state index in [2.05, 4.69) is 10.9 Å². The Morgan fingerprint density at radius 2 is 1.58 bits per heavy atom. The van der Waals surface area contributed by atoms with Crippen molar-refractivity contribution in [2.24, 2.45) is 11.8 Å². The molecule has 1 saturated carbocycles. The van der Waals surface area contributed by atoms with Crippen molar-refractivity contribution in [1.82, 2.24) is 10.9 Å². The zero-order valence-electron chi connectivity index (χ0n) is 14.6. The van der Waals surface area contributed by atoms with Crippen LogP contribution in [0.3, 0.4) is 0 Å². The first-order valence-electron chi connectivity index (χ1n) is 8.60. The molecule has 0 saturated heterocycles. The van der Waals surface area contributed by atoms with Crippen LogP contribution in [0, 0.1) is 11.8 Å². The summed E-state index contributed by atoms with van der Waals surface area (Å²) in [6, 6.07) is 16.9. The number of rotatable bonds is 7. The van der Waals surface area contributed by atoms with E-state index in [0.717, 1.165) is 17.7 Å². The minimum absolute atomic E-state index is 0.0136. The van der Waals surface area contributed by atoms with E-state index in [9.17, 15) is 9.59 Å².